The Kier molecular flexibility index (Phi) is 5.55. The van der Waals surface area contributed by atoms with Crippen molar-refractivity contribution in [2.45, 2.75) is 18.9 Å². The fourth-order valence-corrected chi connectivity index (χ4v) is 2.95. The van der Waals surface area contributed by atoms with Crippen molar-refractivity contribution in [3.8, 4) is 0 Å². The van der Waals surface area contributed by atoms with E-state index in [2.05, 4.69) is 32.7 Å². The molecule has 104 valence electrons. The largest absolute Gasteiger partial charge is 0.314 e. The summed E-state index contributed by atoms with van der Waals surface area (Å²) in [5, 5.41) is 3.34. The number of nitrogens with one attached hydrogen (secondary N) is 1. The molecule has 1 aromatic carbocycles. The quantitative estimate of drug-likeness (QED) is 0.833. The SMILES string of the molecule is C=CCC[C@H](c1cc(Br)ccc1F)N1CCNCC1. The molecule has 2 nitrogen and oxygen atoms in total. The summed E-state index contributed by atoms with van der Waals surface area (Å²) in [6, 6.07) is 5.34. The zero-order valence-electron chi connectivity index (χ0n) is 11.0. The van der Waals surface area contributed by atoms with Gasteiger partial charge in [0.2, 0.25) is 0 Å². The molecule has 0 bridgehead atoms. The lowest BCUT2D eigenvalue weighted by Crippen LogP contribution is -2.45. The zero-order valence-corrected chi connectivity index (χ0v) is 12.6. The summed E-state index contributed by atoms with van der Waals surface area (Å²) >= 11 is 3.44. The van der Waals surface area contributed by atoms with Crippen molar-refractivity contribution >= 4 is 15.9 Å². The fraction of sp³-hybridized carbons (Fsp3) is 0.467. The maximum absolute atomic E-state index is 14.1. The molecule has 0 amide bonds. The first-order valence-corrected chi connectivity index (χ1v) is 7.52. The molecule has 1 atom stereocenters. The number of hydrogen-bond donors (Lipinski definition) is 1. The standard InChI is InChI=1S/C15H20BrFN2/c1-2-3-4-15(19-9-7-18-8-10-19)13-11-12(16)5-6-14(13)17/h2,5-6,11,15,18H,1,3-4,7-10H2/t15-/m1/s1. The van der Waals surface area contributed by atoms with Crippen LogP contribution in [0.25, 0.3) is 0 Å². The van der Waals surface area contributed by atoms with E-state index in [1.807, 2.05) is 12.1 Å². The van der Waals surface area contributed by atoms with E-state index >= 15 is 0 Å². The molecule has 19 heavy (non-hydrogen) atoms. The minimum atomic E-state index is -0.115. The number of piperazine rings is 1. The summed E-state index contributed by atoms with van der Waals surface area (Å²) in [6.45, 7) is 7.65. The lowest BCUT2D eigenvalue weighted by Gasteiger charge is -2.35. The molecule has 0 unspecified atom stereocenters. The van der Waals surface area contributed by atoms with Crippen molar-refractivity contribution in [3.63, 3.8) is 0 Å². The van der Waals surface area contributed by atoms with Crippen LogP contribution >= 0.6 is 15.9 Å². The van der Waals surface area contributed by atoms with Gasteiger partial charge in [0, 0.05) is 42.3 Å². The number of halogens is 2. The topological polar surface area (TPSA) is 15.3 Å². The predicted molar refractivity (Wildman–Crippen MR) is 80.7 cm³/mol. The van der Waals surface area contributed by atoms with Crippen LogP contribution in [0.4, 0.5) is 4.39 Å². The van der Waals surface area contributed by atoms with Crippen LogP contribution in [0, 0.1) is 5.82 Å². The lowest BCUT2D eigenvalue weighted by atomic mass is 9.99. The van der Waals surface area contributed by atoms with Crippen LogP contribution in [0.15, 0.2) is 35.3 Å². The highest BCUT2D eigenvalue weighted by atomic mass is 79.9. The number of nitrogens with zero attached hydrogens (tertiary/aromatic N) is 1. The molecule has 1 N–H and O–H groups in total. The van der Waals surface area contributed by atoms with Gasteiger partial charge in [0.15, 0.2) is 0 Å². The Morgan fingerprint density at radius 3 is 2.84 bits per heavy atom. The molecule has 1 aliphatic heterocycles. The third-order valence-electron chi connectivity index (χ3n) is 3.55. The number of rotatable bonds is 5. The molecule has 1 aromatic rings. The molecule has 1 heterocycles. The minimum Gasteiger partial charge on any atom is -0.314 e. The van der Waals surface area contributed by atoms with Crippen molar-refractivity contribution < 1.29 is 4.39 Å². The second-order valence-corrected chi connectivity index (χ2v) is 5.75. The highest BCUT2D eigenvalue weighted by Crippen LogP contribution is 2.30. The van der Waals surface area contributed by atoms with Crippen LogP contribution in [0.3, 0.4) is 0 Å². The van der Waals surface area contributed by atoms with Gasteiger partial charge in [-0.3, -0.25) is 4.90 Å². The molecule has 0 spiro atoms. The summed E-state index contributed by atoms with van der Waals surface area (Å²) in [5.41, 5.74) is 0.790. The average Bonchev–Trinajstić information content (AvgIpc) is 2.44. The molecule has 1 fully saturated rings. The molecule has 2 rings (SSSR count). The summed E-state index contributed by atoms with van der Waals surface area (Å²) in [5.74, 6) is -0.115. The van der Waals surface area contributed by atoms with Gasteiger partial charge in [0.05, 0.1) is 0 Å². The molecule has 1 saturated heterocycles. The van der Waals surface area contributed by atoms with E-state index in [0.717, 1.165) is 49.1 Å². The first kappa shape index (κ1) is 14.7. The van der Waals surface area contributed by atoms with Crippen molar-refractivity contribution in [1.29, 1.82) is 0 Å². The van der Waals surface area contributed by atoms with Gasteiger partial charge in [-0.05, 0) is 31.0 Å². The van der Waals surface area contributed by atoms with E-state index in [4.69, 9.17) is 0 Å². The molecule has 4 heteroatoms. The summed E-state index contributed by atoms with van der Waals surface area (Å²) < 4.78 is 15.0. The number of benzene rings is 1. The van der Waals surface area contributed by atoms with Crippen molar-refractivity contribution in [2.24, 2.45) is 0 Å². The van der Waals surface area contributed by atoms with Crippen LogP contribution in [0.2, 0.25) is 0 Å². The monoisotopic (exact) mass is 326 g/mol. The van der Waals surface area contributed by atoms with Crippen LogP contribution in [-0.2, 0) is 0 Å². The van der Waals surface area contributed by atoms with Crippen LogP contribution in [0.1, 0.15) is 24.4 Å². The summed E-state index contributed by atoms with van der Waals surface area (Å²) in [4.78, 5) is 2.37. The van der Waals surface area contributed by atoms with Gasteiger partial charge in [-0.15, -0.1) is 6.58 Å². The van der Waals surface area contributed by atoms with E-state index in [0.29, 0.717) is 0 Å². The Morgan fingerprint density at radius 2 is 2.16 bits per heavy atom. The Labute approximate surface area is 122 Å². The smallest absolute Gasteiger partial charge is 0.128 e. The van der Waals surface area contributed by atoms with E-state index in [-0.39, 0.29) is 11.9 Å². The van der Waals surface area contributed by atoms with Crippen molar-refractivity contribution in [1.82, 2.24) is 10.2 Å². The fourth-order valence-electron chi connectivity index (χ4n) is 2.57. The maximum Gasteiger partial charge on any atom is 0.128 e. The van der Waals surface area contributed by atoms with Crippen LogP contribution < -0.4 is 5.32 Å². The average molecular weight is 327 g/mol. The van der Waals surface area contributed by atoms with E-state index in [9.17, 15) is 4.39 Å². The maximum atomic E-state index is 14.1. The van der Waals surface area contributed by atoms with Gasteiger partial charge >= 0.3 is 0 Å². The third kappa shape index (κ3) is 3.88. The molecule has 0 radical (unpaired) electrons. The molecular weight excluding hydrogens is 307 g/mol. The molecule has 1 aliphatic rings. The molecule has 0 aromatic heterocycles. The van der Waals surface area contributed by atoms with Crippen molar-refractivity contribution in [2.75, 3.05) is 26.2 Å². The third-order valence-corrected chi connectivity index (χ3v) is 4.05. The van der Waals surface area contributed by atoms with Gasteiger partial charge in [-0.1, -0.05) is 22.0 Å². The predicted octanol–water partition coefficient (Wildman–Crippen LogP) is 3.50. The lowest BCUT2D eigenvalue weighted by molar-refractivity contribution is 0.163. The first-order valence-electron chi connectivity index (χ1n) is 6.73. The Morgan fingerprint density at radius 1 is 1.42 bits per heavy atom. The summed E-state index contributed by atoms with van der Waals surface area (Å²) in [6.07, 6.45) is 3.72. The second-order valence-electron chi connectivity index (χ2n) is 4.83. The van der Waals surface area contributed by atoms with Gasteiger partial charge < -0.3 is 5.32 Å². The normalized spacial score (nSPS) is 18.2. The highest BCUT2D eigenvalue weighted by molar-refractivity contribution is 9.10. The molecule has 0 saturated carbocycles. The van der Waals surface area contributed by atoms with E-state index in [1.165, 1.54) is 0 Å². The second kappa shape index (κ2) is 7.17. The van der Waals surface area contributed by atoms with Gasteiger partial charge in [-0.25, -0.2) is 4.39 Å². The highest BCUT2D eigenvalue weighted by Gasteiger charge is 2.24. The van der Waals surface area contributed by atoms with Crippen LogP contribution in [-0.4, -0.2) is 31.1 Å². The Bertz CT molecular complexity index is 430. The van der Waals surface area contributed by atoms with E-state index < -0.39 is 0 Å². The molecular formula is C15H20BrFN2. The van der Waals surface area contributed by atoms with Crippen molar-refractivity contribution in [3.05, 3.63) is 46.7 Å². The first-order chi connectivity index (χ1) is 9.22. The van der Waals surface area contributed by atoms with Gasteiger partial charge in [0.25, 0.3) is 0 Å². The zero-order chi connectivity index (χ0) is 13.7. The van der Waals surface area contributed by atoms with Gasteiger partial charge in [-0.2, -0.15) is 0 Å². The minimum absolute atomic E-state index is 0.115. The number of allylic oxidation sites excluding steroid dienone is 1. The Balaban J connectivity index is 2.24. The Hall–Kier alpha value is -0.710. The summed E-state index contributed by atoms with van der Waals surface area (Å²) in [7, 11) is 0. The van der Waals surface area contributed by atoms with Crippen LogP contribution in [0.5, 0.6) is 0 Å². The van der Waals surface area contributed by atoms with Gasteiger partial charge in [0.1, 0.15) is 5.82 Å². The number of hydrogen-bond acceptors (Lipinski definition) is 2. The molecule has 0 aliphatic carbocycles. The van der Waals surface area contributed by atoms with E-state index in [1.54, 1.807) is 12.1 Å².